The van der Waals surface area contributed by atoms with Gasteiger partial charge in [0.05, 0.1) is 16.3 Å². The molecule has 1 heterocycles. The molecule has 1 aliphatic rings. The summed E-state index contributed by atoms with van der Waals surface area (Å²) >= 11 is 15.8. The molecule has 1 fully saturated rings. The van der Waals surface area contributed by atoms with Gasteiger partial charge >= 0.3 is 0 Å². The van der Waals surface area contributed by atoms with Crippen LogP contribution in [0.4, 0.5) is 0 Å². The van der Waals surface area contributed by atoms with Gasteiger partial charge in [-0.25, -0.2) is 0 Å². The Morgan fingerprint density at radius 3 is 2.88 bits per heavy atom. The van der Waals surface area contributed by atoms with Gasteiger partial charge in [-0.3, -0.25) is 0 Å². The van der Waals surface area contributed by atoms with Gasteiger partial charge in [-0.2, -0.15) is 0 Å². The summed E-state index contributed by atoms with van der Waals surface area (Å²) in [6, 6.07) is 2.41. The van der Waals surface area contributed by atoms with Crippen molar-refractivity contribution in [3.63, 3.8) is 0 Å². The number of hydrogen-bond donors (Lipinski definition) is 1. The minimum absolute atomic E-state index is 0.578. The minimum atomic E-state index is 0.578. The fourth-order valence-electron chi connectivity index (χ4n) is 1.84. The topological polar surface area (TPSA) is 25.2 Å². The summed E-state index contributed by atoms with van der Waals surface area (Å²) in [6.45, 7) is 0.768. The van der Waals surface area contributed by atoms with Gasteiger partial charge in [0, 0.05) is 28.0 Å². The lowest BCUT2D eigenvalue weighted by molar-refractivity contribution is 0.601. The van der Waals surface area contributed by atoms with Crippen LogP contribution in [0, 0.1) is 0 Å². The Bertz CT molecular complexity index is 577. The highest BCUT2D eigenvalue weighted by Crippen LogP contribution is 2.39. The Kier molecular flexibility index (Phi) is 3.11. The van der Waals surface area contributed by atoms with E-state index >= 15 is 0 Å². The molecule has 0 spiro atoms. The summed E-state index contributed by atoms with van der Waals surface area (Å²) in [5, 5.41) is 5.58. The Morgan fingerprint density at radius 2 is 2.18 bits per heavy atom. The molecule has 1 N–H and O–H groups in total. The number of nitrogens with one attached hydrogen (secondary N) is 1. The van der Waals surface area contributed by atoms with Crippen molar-refractivity contribution in [3.8, 4) is 0 Å². The number of hydrogen-bond acceptors (Lipinski definition) is 2. The lowest BCUT2D eigenvalue weighted by atomic mass is 10.2. The zero-order chi connectivity index (χ0) is 12.0. The summed E-state index contributed by atoms with van der Waals surface area (Å²) < 4.78 is 6.29. The Morgan fingerprint density at radius 1 is 1.41 bits per heavy atom. The first-order valence-electron chi connectivity index (χ1n) is 5.44. The van der Waals surface area contributed by atoms with Crippen molar-refractivity contribution >= 4 is 50.1 Å². The number of halogens is 3. The van der Waals surface area contributed by atoms with E-state index in [4.69, 9.17) is 27.6 Å². The molecular weight excluding hydrogens is 325 g/mol. The molecule has 5 heteroatoms. The molecule has 0 unspecified atom stereocenters. The van der Waals surface area contributed by atoms with Crippen molar-refractivity contribution in [1.29, 1.82) is 0 Å². The lowest BCUT2D eigenvalue weighted by Gasteiger charge is -2.03. The zero-order valence-electron chi connectivity index (χ0n) is 8.90. The second-order valence-corrected chi connectivity index (χ2v) is 5.91. The highest BCUT2D eigenvalue weighted by atomic mass is 79.9. The molecule has 3 rings (SSSR count). The van der Waals surface area contributed by atoms with Crippen LogP contribution in [0.5, 0.6) is 0 Å². The summed E-state index contributed by atoms with van der Waals surface area (Å²) in [4.78, 5) is 0. The molecule has 0 amide bonds. The van der Waals surface area contributed by atoms with Gasteiger partial charge in [0.2, 0.25) is 0 Å². The normalized spacial score (nSPS) is 15.7. The molecule has 0 saturated heterocycles. The van der Waals surface area contributed by atoms with Gasteiger partial charge in [0.25, 0.3) is 0 Å². The average Bonchev–Trinajstić information content (AvgIpc) is 3.02. The quantitative estimate of drug-likeness (QED) is 0.819. The first-order chi connectivity index (χ1) is 8.16. The molecule has 0 radical (unpaired) electrons. The van der Waals surface area contributed by atoms with Crippen LogP contribution < -0.4 is 5.32 Å². The zero-order valence-corrected chi connectivity index (χ0v) is 12.0. The van der Waals surface area contributed by atoms with Crippen molar-refractivity contribution in [1.82, 2.24) is 5.32 Å². The molecule has 1 aromatic heterocycles. The van der Waals surface area contributed by atoms with E-state index in [1.807, 2.05) is 0 Å². The molecule has 2 aromatic rings. The van der Waals surface area contributed by atoms with Gasteiger partial charge in [-0.1, -0.05) is 23.2 Å². The van der Waals surface area contributed by atoms with Crippen LogP contribution in [-0.4, -0.2) is 6.04 Å². The third-order valence-electron chi connectivity index (χ3n) is 2.93. The second-order valence-electron chi connectivity index (χ2n) is 4.27. The van der Waals surface area contributed by atoms with Crippen LogP contribution in [-0.2, 0) is 6.54 Å². The van der Waals surface area contributed by atoms with Gasteiger partial charge in [0.1, 0.15) is 0 Å². The van der Waals surface area contributed by atoms with E-state index < -0.39 is 0 Å². The van der Waals surface area contributed by atoms with Crippen molar-refractivity contribution < 1.29 is 4.42 Å². The lowest BCUT2D eigenvalue weighted by Crippen LogP contribution is -2.14. The maximum Gasteiger partial charge on any atom is 0.154 e. The maximum atomic E-state index is 6.28. The average molecular weight is 335 g/mol. The van der Waals surface area contributed by atoms with Crippen molar-refractivity contribution in [3.05, 3.63) is 32.4 Å². The fraction of sp³-hybridized carbons (Fsp3) is 0.333. The van der Waals surface area contributed by atoms with Gasteiger partial charge in [-0.15, -0.1) is 0 Å². The molecular formula is C12H10BrCl2NO. The van der Waals surface area contributed by atoms with Gasteiger partial charge < -0.3 is 9.73 Å². The molecule has 0 aliphatic heterocycles. The Hall–Kier alpha value is -0.220. The second kappa shape index (κ2) is 4.47. The molecule has 0 bridgehead atoms. The van der Waals surface area contributed by atoms with E-state index in [2.05, 4.69) is 21.2 Å². The van der Waals surface area contributed by atoms with E-state index in [0.29, 0.717) is 21.7 Å². The fourth-order valence-corrected chi connectivity index (χ4v) is 2.91. The molecule has 1 aliphatic carbocycles. The van der Waals surface area contributed by atoms with Crippen LogP contribution in [0.25, 0.3) is 11.0 Å². The van der Waals surface area contributed by atoms with E-state index in [1.165, 1.54) is 12.8 Å². The molecule has 0 atom stereocenters. The van der Waals surface area contributed by atoms with Crippen LogP contribution >= 0.6 is 39.1 Å². The highest BCUT2D eigenvalue weighted by molar-refractivity contribution is 9.10. The first-order valence-corrected chi connectivity index (χ1v) is 6.98. The predicted octanol–water partition coefficient (Wildman–Crippen LogP) is 4.75. The summed E-state index contributed by atoms with van der Waals surface area (Å²) in [7, 11) is 0. The number of furan rings is 1. The van der Waals surface area contributed by atoms with Gasteiger partial charge in [-0.05, 0) is 34.8 Å². The number of benzene rings is 1. The summed E-state index contributed by atoms with van der Waals surface area (Å²) in [6.07, 6.45) is 4.24. The van der Waals surface area contributed by atoms with E-state index in [1.54, 1.807) is 12.3 Å². The van der Waals surface area contributed by atoms with Crippen molar-refractivity contribution in [2.24, 2.45) is 0 Å². The third-order valence-corrected chi connectivity index (χ3v) is 4.45. The number of rotatable bonds is 3. The van der Waals surface area contributed by atoms with E-state index in [9.17, 15) is 0 Å². The van der Waals surface area contributed by atoms with E-state index in [0.717, 1.165) is 22.0 Å². The van der Waals surface area contributed by atoms with Crippen LogP contribution in [0.1, 0.15) is 18.4 Å². The van der Waals surface area contributed by atoms with E-state index in [-0.39, 0.29) is 0 Å². The largest absolute Gasteiger partial charge is 0.462 e. The standard InChI is InChI=1S/C12H10BrCl2NO/c13-8-3-9(14)12-10(11(8)15)6(5-17-12)4-16-7-1-2-7/h3,5,7,16H,1-2,4H2. The number of fused-ring (bicyclic) bond motifs is 1. The Balaban J connectivity index is 2.05. The first kappa shape index (κ1) is 11.8. The smallest absolute Gasteiger partial charge is 0.154 e. The summed E-state index contributed by atoms with van der Waals surface area (Å²) in [5.41, 5.74) is 1.72. The Labute approximate surface area is 117 Å². The van der Waals surface area contributed by atoms with Crippen LogP contribution in [0.15, 0.2) is 21.2 Å². The SMILES string of the molecule is Clc1cc(Br)c(Cl)c2c(CNC3CC3)coc12. The predicted molar refractivity (Wildman–Crippen MR) is 73.8 cm³/mol. The molecule has 1 saturated carbocycles. The molecule has 90 valence electrons. The molecule has 2 nitrogen and oxygen atoms in total. The summed E-state index contributed by atoms with van der Waals surface area (Å²) in [5.74, 6) is 0. The molecule has 17 heavy (non-hydrogen) atoms. The van der Waals surface area contributed by atoms with Crippen molar-refractivity contribution in [2.75, 3.05) is 0 Å². The third kappa shape index (κ3) is 2.22. The monoisotopic (exact) mass is 333 g/mol. The van der Waals surface area contributed by atoms with Crippen LogP contribution in [0.2, 0.25) is 10.0 Å². The molecule has 1 aromatic carbocycles. The minimum Gasteiger partial charge on any atom is -0.462 e. The van der Waals surface area contributed by atoms with Crippen LogP contribution in [0.3, 0.4) is 0 Å². The maximum absolute atomic E-state index is 6.28. The van der Waals surface area contributed by atoms with Gasteiger partial charge in [0.15, 0.2) is 5.58 Å². The highest BCUT2D eigenvalue weighted by Gasteiger charge is 2.22. The van der Waals surface area contributed by atoms with Crippen molar-refractivity contribution in [2.45, 2.75) is 25.4 Å².